The first-order valence-electron chi connectivity index (χ1n) is 6.62. The molecule has 1 N–H and O–H groups in total. The topological polar surface area (TPSA) is 15.3 Å². The quantitative estimate of drug-likeness (QED) is 0.817. The molecule has 0 bridgehead atoms. The summed E-state index contributed by atoms with van der Waals surface area (Å²) >= 11 is 5.37. The fraction of sp³-hybridized carbons (Fsp3) is 0.714. The van der Waals surface area contributed by atoms with Crippen molar-refractivity contribution in [1.82, 2.24) is 10.2 Å². The molecule has 0 fully saturated rings. The summed E-state index contributed by atoms with van der Waals surface area (Å²) in [6.45, 7) is 11.3. The summed E-state index contributed by atoms with van der Waals surface area (Å²) in [5.41, 5.74) is 0.161. The number of likely N-dealkylation sites (N-methyl/N-ethyl adjacent to an activating group) is 2. The summed E-state index contributed by atoms with van der Waals surface area (Å²) in [6.07, 6.45) is 1.08. The standard InChI is InChI=1S/C14H25BrN2S/c1-6-17(7-2)14(3,4)12(16-5)10-11-8-9-13(15)18-11/h8-9,12,16H,6-7,10H2,1-5H3. The Hall–Kier alpha value is 0.1000. The normalized spacial score (nSPS) is 14.2. The van der Waals surface area contributed by atoms with E-state index in [0.717, 1.165) is 19.5 Å². The lowest BCUT2D eigenvalue weighted by Gasteiger charge is -2.43. The highest BCUT2D eigenvalue weighted by Crippen LogP contribution is 2.27. The third-order valence-corrected chi connectivity index (χ3v) is 5.46. The van der Waals surface area contributed by atoms with E-state index in [0.29, 0.717) is 6.04 Å². The van der Waals surface area contributed by atoms with E-state index >= 15 is 0 Å². The maximum absolute atomic E-state index is 3.54. The minimum atomic E-state index is 0.161. The highest BCUT2D eigenvalue weighted by atomic mass is 79.9. The molecule has 0 aliphatic heterocycles. The van der Waals surface area contributed by atoms with Crippen molar-refractivity contribution in [2.45, 2.75) is 45.7 Å². The van der Waals surface area contributed by atoms with Crippen LogP contribution in [0, 0.1) is 0 Å². The Morgan fingerprint density at radius 2 is 1.94 bits per heavy atom. The van der Waals surface area contributed by atoms with E-state index in [4.69, 9.17) is 0 Å². The van der Waals surface area contributed by atoms with Crippen LogP contribution in [-0.4, -0.2) is 36.6 Å². The molecular formula is C14H25BrN2S. The van der Waals surface area contributed by atoms with Crippen LogP contribution in [0.25, 0.3) is 0 Å². The van der Waals surface area contributed by atoms with Crippen LogP contribution < -0.4 is 5.32 Å². The van der Waals surface area contributed by atoms with Gasteiger partial charge in [-0.25, -0.2) is 0 Å². The van der Waals surface area contributed by atoms with E-state index in [1.807, 2.05) is 11.3 Å². The molecular weight excluding hydrogens is 308 g/mol. The molecule has 4 heteroatoms. The summed E-state index contributed by atoms with van der Waals surface area (Å²) in [4.78, 5) is 3.96. The molecule has 0 spiro atoms. The van der Waals surface area contributed by atoms with Gasteiger partial charge in [0.05, 0.1) is 3.79 Å². The first kappa shape index (κ1) is 16.2. The SMILES string of the molecule is CCN(CC)C(C)(C)C(Cc1ccc(Br)s1)NC. The van der Waals surface area contributed by atoms with Crippen molar-refractivity contribution >= 4 is 27.3 Å². The zero-order valence-electron chi connectivity index (χ0n) is 12.1. The molecule has 0 amide bonds. The predicted molar refractivity (Wildman–Crippen MR) is 85.6 cm³/mol. The van der Waals surface area contributed by atoms with E-state index in [2.05, 4.69) is 73.0 Å². The molecule has 0 aliphatic rings. The fourth-order valence-electron chi connectivity index (χ4n) is 2.63. The van der Waals surface area contributed by atoms with Gasteiger partial charge >= 0.3 is 0 Å². The number of hydrogen-bond acceptors (Lipinski definition) is 3. The van der Waals surface area contributed by atoms with Gasteiger partial charge in [-0.1, -0.05) is 13.8 Å². The highest BCUT2D eigenvalue weighted by molar-refractivity contribution is 9.11. The maximum Gasteiger partial charge on any atom is 0.0701 e. The van der Waals surface area contributed by atoms with Gasteiger partial charge < -0.3 is 5.32 Å². The van der Waals surface area contributed by atoms with Crippen LogP contribution in [0.3, 0.4) is 0 Å². The molecule has 104 valence electrons. The van der Waals surface area contributed by atoms with Gasteiger partial charge in [0.2, 0.25) is 0 Å². The third kappa shape index (κ3) is 3.80. The number of nitrogens with one attached hydrogen (secondary N) is 1. The van der Waals surface area contributed by atoms with E-state index in [1.54, 1.807) is 0 Å². The molecule has 1 rings (SSSR count). The molecule has 0 radical (unpaired) electrons. The second kappa shape index (κ2) is 7.04. The molecule has 1 aromatic rings. The van der Waals surface area contributed by atoms with Crippen molar-refractivity contribution in [3.8, 4) is 0 Å². The lowest BCUT2D eigenvalue weighted by molar-refractivity contribution is 0.0947. The number of nitrogens with zero attached hydrogens (tertiary/aromatic N) is 1. The smallest absolute Gasteiger partial charge is 0.0701 e. The lowest BCUT2D eigenvalue weighted by atomic mass is 9.89. The van der Waals surface area contributed by atoms with Gasteiger partial charge in [-0.05, 0) is 68.5 Å². The Morgan fingerprint density at radius 1 is 1.33 bits per heavy atom. The molecule has 2 nitrogen and oxygen atoms in total. The summed E-state index contributed by atoms with van der Waals surface area (Å²) in [5.74, 6) is 0. The average molecular weight is 333 g/mol. The van der Waals surface area contributed by atoms with Crippen molar-refractivity contribution in [2.24, 2.45) is 0 Å². The van der Waals surface area contributed by atoms with Crippen molar-refractivity contribution < 1.29 is 0 Å². The van der Waals surface area contributed by atoms with Crippen molar-refractivity contribution in [3.05, 3.63) is 20.8 Å². The van der Waals surface area contributed by atoms with Crippen molar-refractivity contribution in [1.29, 1.82) is 0 Å². The number of halogens is 1. The largest absolute Gasteiger partial charge is 0.315 e. The van der Waals surface area contributed by atoms with Gasteiger partial charge in [-0.2, -0.15) is 0 Å². The molecule has 1 heterocycles. The molecule has 0 saturated heterocycles. The van der Waals surface area contributed by atoms with E-state index in [9.17, 15) is 0 Å². The first-order chi connectivity index (χ1) is 8.45. The summed E-state index contributed by atoms with van der Waals surface area (Å²) < 4.78 is 1.22. The fourth-order valence-corrected chi connectivity index (χ4v) is 4.16. The first-order valence-corrected chi connectivity index (χ1v) is 8.23. The summed E-state index contributed by atoms with van der Waals surface area (Å²) in [5, 5.41) is 3.50. The Kier molecular flexibility index (Phi) is 6.31. The van der Waals surface area contributed by atoms with Gasteiger partial charge in [-0.3, -0.25) is 4.90 Å². The minimum Gasteiger partial charge on any atom is -0.315 e. The molecule has 0 aliphatic carbocycles. The minimum absolute atomic E-state index is 0.161. The highest BCUT2D eigenvalue weighted by Gasteiger charge is 2.33. The van der Waals surface area contributed by atoms with Crippen LogP contribution in [0.2, 0.25) is 0 Å². The zero-order valence-corrected chi connectivity index (χ0v) is 14.5. The Labute approximate surface area is 124 Å². The Bertz CT molecular complexity index is 358. The van der Waals surface area contributed by atoms with Gasteiger partial charge in [0.15, 0.2) is 0 Å². The van der Waals surface area contributed by atoms with Crippen LogP contribution >= 0.6 is 27.3 Å². The third-order valence-electron chi connectivity index (χ3n) is 3.81. The van der Waals surface area contributed by atoms with Crippen LogP contribution in [0.1, 0.15) is 32.6 Å². The lowest BCUT2D eigenvalue weighted by Crippen LogP contribution is -2.57. The number of thiophene rings is 1. The van der Waals surface area contributed by atoms with Crippen molar-refractivity contribution in [3.63, 3.8) is 0 Å². The number of hydrogen-bond donors (Lipinski definition) is 1. The monoisotopic (exact) mass is 332 g/mol. The van der Waals surface area contributed by atoms with Crippen LogP contribution in [-0.2, 0) is 6.42 Å². The van der Waals surface area contributed by atoms with Crippen molar-refractivity contribution in [2.75, 3.05) is 20.1 Å². The second-order valence-corrected chi connectivity index (χ2v) is 7.62. The number of rotatable bonds is 7. The predicted octanol–water partition coefficient (Wildman–Crippen LogP) is 3.76. The molecule has 0 aromatic carbocycles. The Balaban J connectivity index is 2.81. The van der Waals surface area contributed by atoms with Gasteiger partial charge in [-0.15, -0.1) is 11.3 Å². The van der Waals surface area contributed by atoms with Crippen LogP contribution in [0.15, 0.2) is 15.9 Å². The van der Waals surface area contributed by atoms with Crippen LogP contribution in [0.5, 0.6) is 0 Å². The maximum atomic E-state index is 3.54. The van der Waals surface area contributed by atoms with E-state index in [1.165, 1.54) is 8.66 Å². The molecule has 0 saturated carbocycles. The Morgan fingerprint density at radius 3 is 2.33 bits per heavy atom. The molecule has 1 atom stereocenters. The zero-order chi connectivity index (χ0) is 13.8. The average Bonchev–Trinajstić information content (AvgIpc) is 2.72. The molecule has 1 unspecified atom stereocenters. The van der Waals surface area contributed by atoms with E-state index < -0.39 is 0 Å². The van der Waals surface area contributed by atoms with Crippen LogP contribution in [0.4, 0.5) is 0 Å². The summed E-state index contributed by atoms with van der Waals surface area (Å²) in [6, 6.07) is 4.82. The summed E-state index contributed by atoms with van der Waals surface area (Å²) in [7, 11) is 2.07. The molecule has 18 heavy (non-hydrogen) atoms. The van der Waals surface area contributed by atoms with E-state index in [-0.39, 0.29) is 5.54 Å². The van der Waals surface area contributed by atoms with Gasteiger partial charge in [0, 0.05) is 16.5 Å². The van der Waals surface area contributed by atoms with Gasteiger partial charge in [0.1, 0.15) is 0 Å². The molecule has 1 aromatic heterocycles. The van der Waals surface area contributed by atoms with Gasteiger partial charge in [0.25, 0.3) is 0 Å². The second-order valence-electron chi connectivity index (χ2n) is 5.08.